The van der Waals surface area contributed by atoms with Crippen molar-refractivity contribution in [3.63, 3.8) is 0 Å². The van der Waals surface area contributed by atoms with Crippen molar-refractivity contribution in [2.75, 3.05) is 0 Å². The quantitative estimate of drug-likeness (QED) is 0.685. The molecular weight excluding hydrogens is 222 g/mol. The zero-order chi connectivity index (χ0) is 12.7. The summed E-state index contributed by atoms with van der Waals surface area (Å²) in [6.07, 6.45) is 0.750. The van der Waals surface area contributed by atoms with Gasteiger partial charge >= 0.3 is 0 Å². The predicted octanol–water partition coefficient (Wildman–Crippen LogP) is 3.84. The van der Waals surface area contributed by atoms with E-state index >= 15 is 0 Å². The fraction of sp³-hybridized carbons (Fsp3) is 0.0714. The molecule has 88 valence electrons. The Balaban J connectivity index is 0.000000437. The van der Waals surface area contributed by atoms with E-state index in [1.165, 1.54) is 19.1 Å². The molecule has 0 atom stereocenters. The molecule has 1 nitrogen and oxygen atoms in total. The minimum atomic E-state index is -0.552. The van der Waals surface area contributed by atoms with Crippen LogP contribution in [0.25, 0.3) is 11.1 Å². The van der Waals surface area contributed by atoms with Crippen molar-refractivity contribution in [2.45, 2.75) is 6.92 Å². The first-order valence-corrected chi connectivity index (χ1v) is 5.08. The zero-order valence-corrected chi connectivity index (χ0v) is 9.36. The minimum Gasteiger partial charge on any atom is -0.304 e. The zero-order valence-electron chi connectivity index (χ0n) is 9.36. The molecule has 0 N–H and O–H groups in total. The Labute approximate surface area is 98.7 Å². The van der Waals surface area contributed by atoms with E-state index in [-0.39, 0.29) is 0 Å². The number of benzene rings is 2. The second-order valence-corrected chi connectivity index (χ2v) is 3.26. The lowest BCUT2D eigenvalue weighted by molar-refractivity contribution is -0.106. The van der Waals surface area contributed by atoms with Crippen molar-refractivity contribution in [1.29, 1.82) is 0 Å². The van der Waals surface area contributed by atoms with Gasteiger partial charge in [0.05, 0.1) is 0 Å². The van der Waals surface area contributed by atoms with Crippen LogP contribution in [0.5, 0.6) is 0 Å². The van der Waals surface area contributed by atoms with Gasteiger partial charge in [0, 0.05) is 6.07 Å². The summed E-state index contributed by atoms with van der Waals surface area (Å²) >= 11 is 0. The molecule has 0 aliphatic carbocycles. The van der Waals surface area contributed by atoms with E-state index in [1.54, 1.807) is 0 Å². The van der Waals surface area contributed by atoms with Crippen molar-refractivity contribution in [3.8, 4) is 11.1 Å². The van der Waals surface area contributed by atoms with Crippen molar-refractivity contribution in [2.24, 2.45) is 0 Å². The Morgan fingerprint density at radius 3 is 1.82 bits per heavy atom. The Kier molecular flexibility index (Phi) is 5.01. The lowest BCUT2D eigenvalue weighted by Gasteiger charge is -2.01. The molecule has 0 saturated heterocycles. The molecule has 0 radical (unpaired) electrons. The summed E-state index contributed by atoms with van der Waals surface area (Å²) < 4.78 is 25.7. The van der Waals surface area contributed by atoms with Gasteiger partial charge in [-0.15, -0.1) is 0 Å². The third-order valence-electron chi connectivity index (χ3n) is 1.97. The van der Waals surface area contributed by atoms with E-state index in [1.807, 2.05) is 30.3 Å². The maximum atomic E-state index is 12.9. The Morgan fingerprint density at radius 2 is 1.35 bits per heavy atom. The summed E-state index contributed by atoms with van der Waals surface area (Å²) in [6.45, 7) is 1.44. The van der Waals surface area contributed by atoms with Crippen molar-refractivity contribution in [1.82, 2.24) is 0 Å². The number of aldehydes is 1. The summed E-state index contributed by atoms with van der Waals surface area (Å²) in [5, 5.41) is 0. The van der Waals surface area contributed by atoms with E-state index in [0.717, 1.165) is 17.9 Å². The molecule has 0 bridgehead atoms. The van der Waals surface area contributed by atoms with Gasteiger partial charge in [0.2, 0.25) is 0 Å². The highest BCUT2D eigenvalue weighted by atomic mass is 19.1. The van der Waals surface area contributed by atoms with Crippen LogP contribution >= 0.6 is 0 Å². The second-order valence-electron chi connectivity index (χ2n) is 3.26. The van der Waals surface area contributed by atoms with Crippen LogP contribution in [0.15, 0.2) is 48.5 Å². The summed E-state index contributed by atoms with van der Waals surface area (Å²) in [6, 6.07) is 12.7. The first-order chi connectivity index (χ1) is 8.17. The third kappa shape index (κ3) is 4.15. The molecule has 17 heavy (non-hydrogen) atoms. The van der Waals surface area contributed by atoms with Gasteiger partial charge in [-0.05, 0) is 30.2 Å². The summed E-state index contributed by atoms with van der Waals surface area (Å²) in [5.41, 5.74) is 1.37. The van der Waals surface area contributed by atoms with E-state index in [0.29, 0.717) is 5.56 Å². The number of carbonyl (C=O) groups is 1. The van der Waals surface area contributed by atoms with Gasteiger partial charge in [-0.3, -0.25) is 0 Å². The van der Waals surface area contributed by atoms with Gasteiger partial charge in [0.15, 0.2) is 0 Å². The highest BCUT2D eigenvalue weighted by molar-refractivity contribution is 5.63. The first kappa shape index (κ1) is 13.0. The maximum Gasteiger partial charge on any atom is 0.126 e. The fourth-order valence-corrected chi connectivity index (χ4v) is 1.35. The molecule has 2 rings (SSSR count). The van der Waals surface area contributed by atoms with Crippen molar-refractivity contribution >= 4 is 6.29 Å². The topological polar surface area (TPSA) is 17.1 Å². The molecule has 0 saturated carbocycles. The van der Waals surface area contributed by atoms with E-state index < -0.39 is 11.6 Å². The Bertz CT molecular complexity index is 461. The predicted molar refractivity (Wildman–Crippen MR) is 63.5 cm³/mol. The summed E-state index contributed by atoms with van der Waals surface area (Å²) in [7, 11) is 0. The second kappa shape index (κ2) is 6.53. The highest BCUT2D eigenvalue weighted by Crippen LogP contribution is 2.20. The highest BCUT2D eigenvalue weighted by Gasteiger charge is 2.01. The molecule has 3 heteroatoms. The number of carbonyl (C=O) groups excluding carboxylic acids is 1. The standard InChI is InChI=1S/C12H8F2.C2H4O/c13-11-6-10(7-12(14)8-11)9-4-2-1-3-5-9;1-2-3/h1-8H;2H,1H3. The smallest absolute Gasteiger partial charge is 0.126 e. The molecule has 0 heterocycles. The van der Waals surface area contributed by atoms with Crippen LogP contribution in [0, 0.1) is 11.6 Å². The van der Waals surface area contributed by atoms with Gasteiger partial charge in [0.25, 0.3) is 0 Å². The van der Waals surface area contributed by atoms with E-state index in [9.17, 15) is 8.78 Å². The Hall–Kier alpha value is -2.03. The van der Waals surface area contributed by atoms with E-state index in [4.69, 9.17) is 4.79 Å². The normalized spacial score (nSPS) is 9.12. The first-order valence-electron chi connectivity index (χ1n) is 5.08. The molecule has 0 unspecified atom stereocenters. The maximum absolute atomic E-state index is 12.9. The minimum absolute atomic E-state index is 0.552. The average molecular weight is 234 g/mol. The largest absolute Gasteiger partial charge is 0.304 e. The van der Waals surface area contributed by atoms with Crippen LogP contribution in [0.2, 0.25) is 0 Å². The number of rotatable bonds is 1. The van der Waals surface area contributed by atoms with Crippen LogP contribution in [-0.4, -0.2) is 6.29 Å². The van der Waals surface area contributed by atoms with Gasteiger partial charge in [-0.2, -0.15) is 0 Å². The molecule has 0 fully saturated rings. The van der Waals surface area contributed by atoms with Crippen molar-refractivity contribution in [3.05, 3.63) is 60.2 Å². The molecule has 0 aliphatic rings. The van der Waals surface area contributed by atoms with Gasteiger partial charge in [-0.1, -0.05) is 30.3 Å². The SMILES string of the molecule is CC=O.Fc1cc(F)cc(-c2ccccc2)c1. The van der Waals surface area contributed by atoms with E-state index in [2.05, 4.69) is 0 Å². The molecule has 0 amide bonds. The molecule has 2 aromatic carbocycles. The van der Waals surface area contributed by atoms with Crippen LogP contribution in [-0.2, 0) is 4.79 Å². The fourth-order valence-electron chi connectivity index (χ4n) is 1.35. The average Bonchev–Trinajstić information content (AvgIpc) is 2.30. The lowest BCUT2D eigenvalue weighted by Crippen LogP contribution is -1.83. The third-order valence-corrected chi connectivity index (χ3v) is 1.97. The molecule has 0 aromatic heterocycles. The molecule has 0 spiro atoms. The lowest BCUT2D eigenvalue weighted by atomic mass is 10.1. The summed E-state index contributed by atoms with van der Waals surface area (Å²) in [5.74, 6) is -1.10. The monoisotopic (exact) mass is 234 g/mol. The Morgan fingerprint density at radius 1 is 0.882 bits per heavy atom. The number of hydrogen-bond acceptors (Lipinski definition) is 1. The van der Waals surface area contributed by atoms with Gasteiger partial charge in [-0.25, -0.2) is 8.78 Å². The van der Waals surface area contributed by atoms with Crippen molar-refractivity contribution < 1.29 is 13.6 Å². The van der Waals surface area contributed by atoms with Gasteiger partial charge in [0.1, 0.15) is 17.9 Å². The van der Waals surface area contributed by atoms with Gasteiger partial charge < -0.3 is 4.79 Å². The van der Waals surface area contributed by atoms with Crippen LogP contribution in [0.1, 0.15) is 6.92 Å². The summed E-state index contributed by atoms with van der Waals surface area (Å²) in [4.78, 5) is 8.81. The molecule has 0 aliphatic heterocycles. The van der Waals surface area contributed by atoms with Crippen LogP contribution in [0.4, 0.5) is 8.78 Å². The van der Waals surface area contributed by atoms with Crippen LogP contribution in [0.3, 0.4) is 0 Å². The number of hydrogen-bond donors (Lipinski definition) is 0. The number of halogens is 2. The molecular formula is C14H12F2O. The van der Waals surface area contributed by atoms with Crippen LogP contribution < -0.4 is 0 Å². The molecule has 2 aromatic rings.